The predicted octanol–water partition coefficient (Wildman–Crippen LogP) is 4.22. The molecular weight excluding hydrogens is 330 g/mol. The number of hydrogen-bond acceptors (Lipinski definition) is 4. The summed E-state index contributed by atoms with van der Waals surface area (Å²) in [7, 11) is 0. The zero-order valence-corrected chi connectivity index (χ0v) is 16.3. The van der Waals surface area contributed by atoms with Gasteiger partial charge < -0.3 is 19.5 Å². The van der Waals surface area contributed by atoms with E-state index >= 15 is 0 Å². The number of ether oxygens (including phenoxy) is 2. The normalized spacial score (nSPS) is 28.6. The summed E-state index contributed by atoms with van der Waals surface area (Å²) < 4.78 is 11.4. The van der Waals surface area contributed by atoms with E-state index in [2.05, 4.69) is 0 Å². The molecule has 0 radical (unpaired) electrons. The monoisotopic (exact) mass is 361 g/mol. The number of amides is 1. The molecule has 2 bridgehead atoms. The summed E-state index contributed by atoms with van der Waals surface area (Å²) in [6.07, 6.45) is 3.66. The van der Waals surface area contributed by atoms with Crippen LogP contribution in [0.25, 0.3) is 0 Å². The lowest BCUT2D eigenvalue weighted by Gasteiger charge is -2.52. The molecule has 2 aliphatic heterocycles. The molecule has 0 spiro atoms. The Hall–Kier alpha value is -1.75. The van der Waals surface area contributed by atoms with Crippen molar-refractivity contribution in [2.75, 3.05) is 6.61 Å². The van der Waals surface area contributed by atoms with Crippen molar-refractivity contribution in [3.05, 3.63) is 29.8 Å². The fraction of sp³-hybridized carbons (Fsp3) is 0.667. The van der Waals surface area contributed by atoms with Gasteiger partial charge in [-0.25, -0.2) is 4.79 Å². The van der Waals surface area contributed by atoms with Crippen LogP contribution in [0.15, 0.2) is 24.3 Å². The smallest absolute Gasteiger partial charge is 0.410 e. The van der Waals surface area contributed by atoms with Gasteiger partial charge in [-0.3, -0.25) is 0 Å². The van der Waals surface area contributed by atoms with Crippen molar-refractivity contribution in [1.82, 2.24) is 4.90 Å². The van der Waals surface area contributed by atoms with Crippen LogP contribution in [0, 0.1) is 0 Å². The highest BCUT2D eigenvalue weighted by Crippen LogP contribution is 2.47. The lowest BCUT2D eigenvalue weighted by molar-refractivity contribution is -0.0973. The van der Waals surface area contributed by atoms with E-state index in [9.17, 15) is 9.90 Å². The summed E-state index contributed by atoms with van der Waals surface area (Å²) in [5.74, 6) is 0.737. The van der Waals surface area contributed by atoms with E-state index in [1.54, 1.807) is 0 Å². The molecule has 1 aromatic carbocycles. The number of piperidine rings is 2. The Kier molecular flexibility index (Phi) is 5.20. The second-order valence-corrected chi connectivity index (χ2v) is 8.50. The molecule has 0 saturated carbocycles. The molecule has 2 fully saturated rings. The third-order valence-electron chi connectivity index (χ3n) is 5.30. The summed E-state index contributed by atoms with van der Waals surface area (Å²) in [6, 6.07) is 7.71. The van der Waals surface area contributed by atoms with Crippen molar-refractivity contribution in [2.24, 2.45) is 0 Å². The second-order valence-electron chi connectivity index (χ2n) is 8.50. The number of hydrogen-bond donors (Lipinski definition) is 1. The van der Waals surface area contributed by atoms with Crippen LogP contribution in [0.4, 0.5) is 4.79 Å². The Morgan fingerprint density at radius 3 is 2.42 bits per heavy atom. The van der Waals surface area contributed by atoms with Gasteiger partial charge in [0, 0.05) is 30.5 Å². The Morgan fingerprint density at radius 2 is 1.85 bits per heavy atom. The number of aliphatic hydroxyl groups is 1. The van der Waals surface area contributed by atoms with Gasteiger partial charge in [-0.2, -0.15) is 0 Å². The lowest BCUT2D eigenvalue weighted by Crippen LogP contribution is -2.59. The van der Waals surface area contributed by atoms with Crippen LogP contribution in [0.3, 0.4) is 0 Å². The molecule has 5 nitrogen and oxygen atoms in total. The molecular formula is C21H31NO4. The first-order chi connectivity index (χ1) is 12.2. The summed E-state index contributed by atoms with van der Waals surface area (Å²) in [6.45, 7) is 8.17. The van der Waals surface area contributed by atoms with Gasteiger partial charge in [0.05, 0.1) is 12.2 Å². The minimum atomic E-state index is -0.972. The Morgan fingerprint density at radius 1 is 1.23 bits per heavy atom. The average molecular weight is 361 g/mol. The van der Waals surface area contributed by atoms with Crippen LogP contribution in [-0.2, 0) is 10.3 Å². The maximum absolute atomic E-state index is 12.7. The third kappa shape index (κ3) is 3.83. The minimum absolute atomic E-state index is 0.00275. The first-order valence-electron chi connectivity index (χ1n) is 9.69. The number of nitrogens with zero attached hydrogens (tertiary/aromatic N) is 1. The molecule has 2 atom stereocenters. The summed E-state index contributed by atoms with van der Waals surface area (Å²) >= 11 is 0. The van der Waals surface area contributed by atoms with Crippen LogP contribution < -0.4 is 4.74 Å². The van der Waals surface area contributed by atoms with Gasteiger partial charge in [0.15, 0.2) is 0 Å². The van der Waals surface area contributed by atoms with Crippen molar-refractivity contribution < 1.29 is 19.4 Å². The fourth-order valence-electron chi connectivity index (χ4n) is 4.39. The molecule has 5 heteroatoms. The Balaban J connectivity index is 1.86. The summed E-state index contributed by atoms with van der Waals surface area (Å²) in [5, 5.41) is 11.5. The maximum atomic E-state index is 12.7. The van der Waals surface area contributed by atoms with Crippen LogP contribution in [0.2, 0.25) is 0 Å². The van der Waals surface area contributed by atoms with Crippen LogP contribution >= 0.6 is 0 Å². The molecule has 3 rings (SSSR count). The molecule has 2 saturated heterocycles. The van der Waals surface area contributed by atoms with Gasteiger partial charge in [-0.05, 0) is 53.0 Å². The van der Waals surface area contributed by atoms with Crippen LogP contribution in [-0.4, -0.2) is 40.4 Å². The standard InChI is InChI=1S/C21H31NO4/c1-5-25-18-12-7-6-11-17(18)21(24)13-15-9-8-10-16(14-21)22(15)19(23)26-20(2,3)4/h6-7,11-12,15-16,24H,5,8-10,13-14H2,1-4H3. The van der Waals surface area contributed by atoms with E-state index in [0.29, 0.717) is 19.4 Å². The molecule has 144 valence electrons. The van der Waals surface area contributed by atoms with Crippen LogP contribution in [0.1, 0.15) is 65.4 Å². The van der Waals surface area contributed by atoms with Gasteiger partial charge >= 0.3 is 6.09 Å². The Bertz CT molecular complexity index is 638. The first-order valence-corrected chi connectivity index (χ1v) is 9.69. The number of carbonyl (C=O) groups is 1. The van der Waals surface area contributed by atoms with Crippen LogP contribution in [0.5, 0.6) is 5.75 Å². The van der Waals surface area contributed by atoms with Gasteiger partial charge in [0.2, 0.25) is 0 Å². The topological polar surface area (TPSA) is 59.0 Å². The average Bonchev–Trinajstić information content (AvgIpc) is 2.53. The maximum Gasteiger partial charge on any atom is 0.410 e. The zero-order chi connectivity index (χ0) is 18.9. The first kappa shape index (κ1) is 19.0. The lowest BCUT2D eigenvalue weighted by atomic mass is 9.72. The SMILES string of the molecule is CCOc1ccccc1C1(O)CC2CCCC(C1)N2C(=O)OC(C)(C)C. The highest BCUT2D eigenvalue weighted by atomic mass is 16.6. The van der Waals surface area contributed by atoms with Crippen molar-refractivity contribution in [3.8, 4) is 5.75 Å². The number of para-hydroxylation sites is 1. The number of carbonyl (C=O) groups excluding carboxylic acids is 1. The largest absolute Gasteiger partial charge is 0.493 e. The van der Waals surface area contributed by atoms with E-state index < -0.39 is 11.2 Å². The molecule has 1 aromatic rings. The number of rotatable bonds is 3. The van der Waals surface area contributed by atoms with E-state index in [4.69, 9.17) is 9.47 Å². The molecule has 26 heavy (non-hydrogen) atoms. The quantitative estimate of drug-likeness (QED) is 0.875. The molecule has 1 N–H and O–H groups in total. The number of fused-ring (bicyclic) bond motifs is 2. The zero-order valence-electron chi connectivity index (χ0n) is 16.3. The predicted molar refractivity (Wildman–Crippen MR) is 100 cm³/mol. The molecule has 0 aliphatic carbocycles. The third-order valence-corrected chi connectivity index (χ3v) is 5.30. The summed E-state index contributed by atoms with van der Waals surface area (Å²) in [5.41, 5.74) is -0.650. The van der Waals surface area contributed by atoms with Gasteiger partial charge in [-0.15, -0.1) is 0 Å². The van der Waals surface area contributed by atoms with Crippen molar-refractivity contribution >= 4 is 6.09 Å². The van der Waals surface area contributed by atoms with E-state index in [1.807, 2.05) is 56.9 Å². The Labute approximate surface area is 156 Å². The van der Waals surface area contributed by atoms with Crippen molar-refractivity contribution in [3.63, 3.8) is 0 Å². The summed E-state index contributed by atoms with van der Waals surface area (Å²) in [4.78, 5) is 14.6. The van der Waals surface area contributed by atoms with Gasteiger partial charge in [0.25, 0.3) is 0 Å². The highest BCUT2D eigenvalue weighted by Gasteiger charge is 2.49. The van der Waals surface area contributed by atoms with Crippen molar-refractivity contribution in [1.29, 1.82) is 0 Å². The molecule has 1 amide bonds. The second kappa shape index (κ2) is 7.10. The van der Waals surface area contributed by atoms with E-state index in [-0.39, 0.29) is 18.2 Å². The fourth-order valence-corrected chi connectivity index (χ4v) is 4.39. The highest BCUT2D eigenvalue weighted by molar-refractivity contribution is 5.69. The molecule has 2 heterocycles. The van der Waals surface area contributed by atoms with E-state index in [1.165, 1.54) is 0 Å². The number of benzene rings is 1. The molecule has 2 aliphatic rings. The van der Waals surface area contributed by atoms with E-state index in [0.717, 1.165) is 30.6 Å². The van der Waals surface area contributed by atoms with Crippen molar-refractivity contribution in [2.45, 2.75) is 83.1 Å². The van der Waals surface area contributed by atoms with Gasteiger partial charge in [-0.1, -0.05) is 18.2 Å². The van der Waals surface area contributed by atoms with Gasteiger partial charge in [0.1, 0.15) is 11.4 Å². The molecule has 0 aromatic heterocycles. The molecule has 2 unspecified atom stereocenters. The minimum Gasteiger partial charge on any atom is -0.493 e.